The van der Waals surface area contributed by atoms with Gasteiger partial charge in [-0.15, -0.1) is 0 Å². The maximum atomic E-state index is 13.3. The third-order valence-corrected chi connectivity index (χ3v) is 6.40. The second-order valence-corrected chi connectivity index (χ2v) is 10.2. The number of likely N-dealkylation sites (N-methyl/N-ethyl adjacent to an activating group) is 1. The van der Waals surface area contributed by atoms with Gasteiger partial charge in [-0.25, -0.2) is 9.69 Å². The molecule has 1 fully saturated rings. The number of hydrogen-bond acceptors (Lipinski definition) is 5. The van der Waals surface area contributed by atoms with Crippen LogP contribution in [0.4, 0.5) is 10.5 Å². The zero-order valence-electron chi connectivity index (χ0n) is 19.7. The molecule has 1 saturated heterocycles. The van der Waals surface area contributed by atoms with E-state index in [1.54, 1.807) is 70.4 Å². The van der Waals surface area contributed by atoms with Gasteiger partial charge in [-0.2, -0.15) is 0 Å². The van der Waals surface area contributed by atoms with Gasteiger partial charge >= 0.3 is 6.03 Å². The smallest absolute Gasteiger partial charge is 0.325 e. The largest absolute Gasteiger partial charge is 0.484 e. The minimum atomic E-state index is -1.04. The molecule has 11 heteroatoms. The molecule has 1 aliphatic rings. The quantitative estimate of drug-likeness (QED) is 0.350. The number of carbonyl (C=O) groups excluding carboxylic acids is 4. The Labute approximate surface area is 222 Å². The summed E-state index contributed by atoms with van der Waals surface area (Å²) in [4.78, 5) is 53.3. The molecule has 2 aromatic carbocycles. The Bertz CT molecular complexity index is 1140. The maximum absolute atomic E-state index is 13.3. The average Bonchev–Trinajstić information content (AvgIpc) is 3.08. The molecule has 0 radical (unpaired) electrons. The van der Waals surface area contributed by atoms with E-state index in [4.69, 9.17) is 16.3 Å². The summed E-state index contributed by atoms with van der Waals surface area (Å²) in [5.74, 6) is -1.13. The number of anilines is 1. The lowest BCUT2D eigenvalue weighted by Crippen LogP contribution is -2.50. The number of hydrogen-bond donors (Lipinski definition) is 2. The van der Waals surface area contributed by atoms with E-state index in [9.17, 15) is 19.2 Å². The van der Waals surface area contributed by atoms with Crippen LogP contribution in [0.5, 0.6) is 5.75 Å². The number of carbonyl (C=O) groups is 4. The molecule has 5 amide bonds. The van der Waals surface area contributed by atoms with Crippen molar-refractivity contribution in [2.75, 3.05) is 26.0 Å². The predicted molar refractivity (Wildman–Crippen MR) is 140 cm³/mol. The molecule has 9 nitrogen and oxygen atoms in total. The summed E-state index contributed by atoms with van der Waals surface area (Å²) in [5.41, 5.74) is 0.926. The molecule has 0 bridgehead atoms. The normalized spacial score (nSPS) is 16.2. The van der Waals surface area contributed by atoms with E-state index in [-0.39, 0.29) is 18.4 Å². The zero-order valence-corrected chi connectivity index (χ0v) is 22.6. The SMILES string of the molecule is CC(C)C(C(=O)Nc1ccc(I)cc1Cl)N1C(=O)NC(c2ccc(OCC(=O)N(C)C)cc2)C1=O. The van der Waals surface area contributed by atoms with Gasteiger partial charge in [0.15, 0.2) is 6.61 Å². The standard InChI is InChI=1S/C24H26ClIN4O5/c1-13(2)21(22(32)27-18-10-7-15(26)11-17(18)25)30-23(33)20(28-24(30)34)14-5-8-16(9-6-14)35-12-19(31)29(3)4/h5-11,13,20-21H,12H2,1-4H3,(H,27,32)(H,28,34). The first-order chi connectivity index (χ1) is 16.5. The number of imide groups is 1. The number of nitrogens with zero attached hydrogens (tertiary/aromatic N) is 2. The van der Waals surface area contributed by atoms with Crippen LogP contribution in [0.1, 0.15) is 25.5 Å². The fourth-order valence-corrected chi connectivity index (χ4v) is 4.43. The van der Waals surface area contributed by atoms with Crippen molar-refractivity contribution >= 4 is 63.6 Å². The minimum absolute atomic E-state index is 0.116. The van der Waals surface area contributed by atoms with Gasteiger partial charge in [-0.1, -0.05) is 37.6 Å². The van der Waals surface area contributed by atoms with E-state index in [0.717, 1.165) is 8.47 Å². The molecule has 3 rings (SSSR count). The topological polar surface area (TPSA) is 108 Å². The maximum Gasteiger partial charge on any atom is 0.325 e. The lowest BCUT2D eigenvalue weighted by molar-refractivity contribution is -0.135. The molecule has 0 saturated carbocycles. The Morgan fingerprint density at radius 1 is 1.17 bits per heavy atom. The Morgan fingerprint density at radius 3 is 2.40 bits per heavy atom. The number of benzene rings is 2. The van der Waals surface area contributed by atoms with E-state index >= 15 is 0 Å². The lowest BCUT2D eigenvalue weighted by atomic mass is 10.0. The summed E-state index contributed by atoms with van der Waals surface area (Å²) < 4.78 is 6.36. The van der Waals surface area contributed by atoms with Crippen LogP contribution >= 0.6 is 34.2 Å². The van der Waals surface area contributed by atoms with Crippen molar-refractivity contribution in [1.29, 1.82) is 0 Å². The summed E-state index contributed by atoms with van der Waals surface area (Å²) in [5, 5.41) is 5.75. The van der Waals surface area contributed by atoms with Gasteiger partial charge in [-0.05, 0) is 64.4 Å². The van der Waals surface area contributed by atoms with Crippen molar-refractivity contribution in [1.82, 2.24) is 15.1 Å². The van der Waals surface area contributed by atoms with Crippen molar-refractivity contribution in [3.05, 3.63) is 56.6 Å². The average molecular weight is 613 g/mol. The van der Waals surface area contributed by atoms with Crippen LogP contribution in [-0.2, 0) is 14.4 Å². The second kappa shape index (κ2) is 11.3. The van der Waals surface area contributed by atoms with Gasteiger partial charge in [0.2, 0.25) is 5.91 Å². The highest BCUT2D eigenvalue weighted by Gasteiger charge is 2.46. The van der Waals surface area contributed by atoms with Gasteiger partial charge in [0, 0.05) is 17.7 Å². The van der Waals surface area contributed by atoms with Crippen molar-refractivity contribution in [2.24, 2.45) is 5.92 Å². The Morgan fingerprint density at radius 2 is 1.83 bits per heavy atom. The van der Waals surface area contributed by atoms with Gasteiger partial charge in [-0.3, -0.25) is 14.4 Å². The van der Waals surface area contributed by atoms with Gasteiger partial charge < -0.3 is 20.3 Å². The summed E-state index contributed by atoms with van der Waals surface area (Å²) in [6, 6.07) is 9.03. The minimum Gasteiger partial charge on any atom is -0.484 e. The van der Waals surface area contributed by atoms with Crippen LogP contribution in [0.25, 0.3) is 0 Å². The molecule has 186 valence electrons. The highest BCUT2D eigenvalue weighted by Crippen LogP contribution is 2.29. The molecule has 2 atom stereocenters. The Kier molecular flexibility index (Phi) is 8.60. The van der Waals surface area contributed by atoms with E-state index in [1.807, 2.05) is 0 Å². The zero-order chi connectivity index (χ0) is 25.9. The van der Waals surface area contributed by atoms with Crippen LogP contribution in [0.15, 0.2) is 42.5 Å². The van der Waals surface area contributed by atoms with Crippen molar-refractivity contribution in [3.8, 4) is 5.75 Å². The summed E-state index contributed by atoms with van der Waals surface area (Å²) in [7, 11) is 3.27. The van der Waals surface area contributed by atoms with Crippen molar-refractivity contribution < 1.29 is 23.9 Å². The van der Waals surface area contributed by atoms with Gasteiger partial charge in [0.05, 0.1) is 10.7 Å². The Balaban J connectivity index is 1.75. The molecular weight excluding hydrogens is 587 g/mol. The third kappa shape index (κ3) is 6.23. The van der Waals surface area contributed by atoms with E-state index in [1.165, 1.54) is 4.90 Å². The number of halogens is 2. The Hall–Kier alpha value is -2.86. The van der Waals surface area contributed by atoms with Crippen molar-refractivity contribution in [2.45, 2.75) is 25.9 Å². The van der Waals surface area contributed by atoms with Crippen LogP contribution < -0.4 is 15.4 Å². The van der Waals surface area contributed by atoms with E-state index in [2.05, 4.69) is 33.2 Å². The molecule has 2 aromatic rings. The van der Waals surface area contributed by atoms with Crippen LogP contribution in [-0.4, -0.2) is 60.3 Å². The molecule has 35 heavy (non-hydrogen) atoms. The third-order valence-electron chi connectivity index (χ3n) is 5.41. The number of rotatable bonds is 8. The highest BCUT2D eigenvalue weighted by atomic mass is 127. The van der Waals surface area contributed by atoms with Crippen LogP contribution in [0.2, 0.25) is 5.02 Å². The lowest BCUT2D eigenvalue weighted by Gasteiger charge is -2.27. The van der Waals surface area contributed by atoms with Crippen LogP contribution in [0.3, 0.4) is 0 Å². The van der Waals surface area contributed by atoms with E-state index < -0.39 is 29.9 Å². The fraction of sp³-hybridized carbons (Fsp3) is 0.333. The number of ether oxygens (including phenoxy) is 1. The number of nitrogens with one attached hydrogen (secondary N) is 2. The predicted octanol–water partition coefficient (Wildman–Crippen LogP) is 3.67. The molecule has 0 aromatic heterocycles. The number of amides is 5. The van der Waals surface area contributed by atoms with Crippen molar-refractivity contribution in [3.63, 3.8) is 0 Å². The number of urea groups is 1. The first kappa shape index (κ1) is 26.7. The fourth-order valence-electron chi connectivity index (χ4n) is 3.53. The molecular formula is C24H26ClIN4O5. The van der Waals surface area contributed by atoms with Crippen LogP contribution in [0, 0.1) is 9.49 Å². The monoisotopic (exact) mass is 612 g/mol. The summed E-state index contributed by atoms with van der Waals surface area (Å²) in [6.07, 6.45) is 0. The highest BCUT2D eigenvalue weighted by molar-refractivity contribution is 14.1. The molecule has 2 N–H and O–H groups in total. The molecule has 0 spiro atoms. The molecule has 2 unspecified atom stereocenters. The summed E-state index contributed by atoms with van der Waals surface area (Å²) >= 11 is 8.34. The summed E-state index contributed by atoms with van der Waals surface area (Å²) in [6.45, 7) is 3.40. The molecule has 0 aliphatic carbocycles. The van der Waals surface area contributed by atoms with E-state index in [0.29, 0.717) is 22.0 Å². The molecule has 1 heterocycles. The molecule has 1 aliphatic heterocycles. The van der Waals surface area contributed by atoms with Gasteiger partial charge in [0.1, 0.15) is 17.8 Å². The first-order valence-electron chi connectivity index (χ1n) is 10.8. The second-order valence-electron chi connectivity index (χ2n) is 8.54. The first-order valence-corrected chi connectivity index (χ1v) is 12.3. The van der Waals surface area contributed by atoms with Gasteiger partial charge in [0.25, 0.3) is 11.8 Å².